The van der Waals surface area contributed by atoms with E-state index in [1.165, 1.54) is 77.0 Å². The summed E-state index contributed by atoms with van der Waals surface area (Å²) in [5.74, 6) is 0. The van der Waals surface area contributed by atoms with Crippen molar-refractivity contribution in [1.29, 1.82) is 0 Å². The standard InChI is InChI=1S/C78H53N3/c1-5-17-54(18-6-1)57-29-39-67(40-30-57)79(66-23-11-4-12-24-66)68-41-35-60(36-42-68)63-49-64(61-37-47-77-73(52-61)71-25-13-15-27-75(71)80(77)69-43-31-58(32-44-69)55-19-7-2-8-20-55)51-65(50-63)62-38-48-78-74(53-62)72-26-14-16-28-76(72)81(78)70-45-33-59(34-46-70)56-21-9-3-10-22-56/h1-53H. The quantitative estimate of drug-likeness (QED) is 0.126. The minimum Gasteiger partial charge on any atom is -0.311 e. The number of fused-ring (bicyclic) bond motifs is 6. The highest BCUT2D eigenvalue weighted by Crippen LogP contribution is 2.42. The fourth-order valence-electron chi connectivity index (χ4n) is 12.1. The topological polar surface area (TPSA) is 13.1 Å². The van der Waals surface area contributed by atoms with E-state index in [-0.39, 0.29) is 0 Å². The van der Waals surface area contributed by atoms with Crippen molar-refractivity contribution in [3.63, 3.8) is 0 Å². The summed E-state index contributed by atoms with van der Waals surface area (Å²) in [5.41, 5.74) is 24.4. The molecule has 2 aromatic heterocycles. The van der Waals surface area contributed by atoms with Crippen molar-refractivity contribution >= 4 is 60.7 Å². The van der Waals surface area contributed by atoms with Crippen molar-refractivity contribution in [3.8, 4) is 78.1 Å². The van der Waals surface area contributed by atoms with Gasteiger partial charge in [-0.1, -0.05) is 206 Å². The number of hydrogen-bond acceptors (Lipinski definition) is 1. The average molecular weight is 1030 g/mol. The Morgan fingerprint density at radius 1 is 0.173 bits per heavy atom. The van der Waals surface area contributed by atoms with Crippen molar-refractivity contribution in [3.05, 3.63) is 322 Å². The molecule has 3 nitrogen and oxygen atoms in total. The Balaban J connectivity index is 0.860. The van der Waals surface area contributed by atoms with Crippen LogP contribution in [0.25, 0.3) is 122 Å². The molecule has 81 heavy (non-hydrogen) atoms. The second kappa shape index (κ2) is 20.2. The fraction of sp³-hybridized carbons (Fsp3) is 0. The van der Waals surface area contributed by atoms with E-state index in [4.69, 9.17) is 0 Å². The van der Waals surface area contributed by atoms with Gasteiger partial charge in [-0.2, -0.15) is 0 Å². The zero-order valence-corrected chi connectivity index (χ0v) is 44.4. The van der Waals surface area contributed by atoms with Crippen molar-refractivity contribution in [2.75, 3.05) is 4.90 Å². The predicted molar refractivity (Wildman–Crippen MR) is 342 cm³/mol. The average Bonchev–Trinajstić information content (AvgIpc) is 4.22. The number of hydrogen-bond donors (Lipinski definition) is 0. The van der Waals surface area contributed by atoms with Gasteiger partial charge in [0.2, 0.25) is 0 Å². The van der Waals surface area contributed by atoms with Crippen LogP contribution in [0.15, 0.2) is 322 Å². The van der Waals surface area contributed by atoms with Gasteiger partial charge >= 0.3 is 0 Å². The summed E-state index contributed by atoms with van der Waals surface area (Å²) in [5, 5.41) is 4.89. The first-order chi connectivity index (χ1) is 40.1. The SMILES string of the molecule is c1ccc(-c2ccc(N(c3ccccc3)c3ccc(-c4cc(-c5ccc6c(c5)c5ccccc5n6-c5ccc(-c6ccccc6)cc5)cc(-c5ccc6c(c5)c5ccccc5n6-c5ccc(-c6ccccc6)cc5)c4)cc3)cc2)cc1. The molecule has 0 N–H and O–H groups in total. The molecule has 3 heteroatoms. The Morgan fingerprint density at radius 2 is 0.444 bits per heavy atom. The van der Waals surface area contributed by atoms with Gasteiger partial charge in [0.05, 0.1) is 22.1 Å². The molecule has 13 aromatic carbocycles. The van der Waals surface area contributed by atoms with Gasteiger partial charge in [-0.3, -0.25) is 0 Å². The molecule has 0 saturated heterocycles. The van der Waals surface area contributed by atoms with Crippen molar-refractivity contribution < 1.29 is 0 Å². The molecule has 0 spiro atoms. The van der Waals surface area contributed by atoms with Crippen molar-refractivity contribution in [2.45, 2.75) is 0 Å². The normalized spacial score (nSPS) is 11.5. The lowest BCUT2D eigenvalue weighted by Gasteiger charge is -2.26. The third-order valence-corrected chi connectivity index (χ3v) is 16.1. The molecule has 0 saturated carbocycles. The van der Waals surface area contributed by atoms with Crippen LogP contribution in [0.1, 0.15) is 0 Å². The Morgan fingerprint density at radius 3 is 0.840 bits per heavy atom. The van der Waals surface area contributed by atoms with Gasteiger partial charge in [-0.15, -0.1) is 0 Å². The maximum absolute atomic E-state index is 2.41. The van der Waals surface area contributed by atoms with E-state index in [1.807, 2.05) is 0 Å². The van der Waals surface area contributed by atoms with E-state index in [0.29, 0.717) is 0 Å². The van der Waals surface area contributed by atoms with E-state index in [2.05, 4.69) is 336 Å². The maximum Gasteiger partial charge on any atom is 0.0541 e. The van der Waals surface area contributed by atoms with Crippen molar-refractivity contribution in [2.24, 2.45) is 0 Å². The summed E-state index contributed by atoms with van der Waals surface area (Å²) < 4.78 is 4.82. The van der Waals surface area contributed by atoms with Gasteiger partial charge in [0.15, 0.2) is 0 Å². The molecule has 0 aliphatic carbocycles. The molecule has 0 aliphatic rings. The lowest BCUT2D eigenvalue weighted by Crippen LogP contribution is -2.09. The van der Waals surface area contributed by atoms with E-state index in [0.717, 1.165) is 61.8 Å². The van der Waals surface area contributed by atoms with Crippen molar-refractivity contribution in [1.82, 2.24) is 9.13 Å². The van der Waals surface area contributed by atoms with Crippen LogP contribution in [0.4, 0.5) is 17.1 Å². The molecule has 0 fully saturated rings. The Kier molecular flexibility index (Phi) is 11.9. The maximum atomic E-state index is 2.41. The van der Waals surface area contributed by atoms with Gasteiger partial charge in [0.1, 0.15) is 0 Å². The summed E-state index contributed by atoms with van der Waals surface area (Å²) in [4.78, 5) is 2.34. The minimum atomic E-state index is 1.09. The number of anilines is 3. The van der Waals surface area contributed by atoms with Gasteiger partial charge < -0.3 is 14.0 Å². The van der Waals surface area contributed by atoms with E-state index in [1.54, 1.807) is 0 Å². The van der Waals surface area contributed by atoms with Crippen LogP contribution in [0.5, 0.6) is 0 Å². The first kappa shape index (κ1) is 47.5. The first-order valence-electron chi connectivity index (χ1n) is 27.8. The molecule has 0 unspecified atom stereocenters. The molecule has 380 valence electrons. The summed E-state index contributed by atoms with van der Waals surface area (Å²) in [6, 6.07) is 117. The largest absolute Gasteiger partial charge is 0.311 e. The third kappa shape index (κ3) is 8.75. The van der Waals surface area contributed by atoms with Gasteiger partial charge in [-0.05, 0) is 182 Å². The van der Waals surface area contributed by atoms with Crippen LogP contribution < -0.4 is 4.90 Å². The van der Waals surface area contributed by atoms with E-state index in [9.17, 15) is 0 Å². The van der Waals surface area contributed by atoms with Gasteiger partial charge in [0.25, 0.3) is 0 Å². The summed E-state index contributed by atoms with van der Waals surface area (Å²) in [7, 11) is 0. The number of benzene rings is 13. The van der Waals surface area contributed by atoms with Gasteiger partial charge in [-0.25, -0.2) is 0 Å². The molecular formula is C78H53N3. The molecule has 0 amide bonds. The summed E-state index contributed by atoms with van der Waals surface area (Å²) in [6.07, 6.45) is 0. The molecular weight excluding hydrogens is 979 g/mol. The monoisotopic (exact) mass is 1030 g/mol. The van der Waals surface area contributed by atoms with E-state index >= 15 is 0 Å². The Bertz CT molecular complexity index is 4510. The molecule has 2 heterocycles. The second-order valence-corrected chi connectivity index (χ2v) is 20.9. The zero-order valence-electron chi connectivity index (χ0n) is 44.4. The smallest absolute Gasteiger partial charge is 0.0541 e. The van der Waals surface area contributed by atoms with Crippen LogP contribution in [-0.2, 0) is 0 Å². The second-order valence-electron chi connectivity index (χ2n) is 20.9. The van der Waals surface area contributed by atoms with Crippen LogP contribution >= 0.6 is 0 Å². The number of rotatable bonds is 11. The summed E-state index contributed by atoms with van der Waals surface area (Å²) >= 11 is 0. The molecule has 0 aliphatic heterocycles. The van der Waals surface area contributed by atoms with Crippen LogP contribution in [0.3, 0.4) is 0 Å². The highest BCUT2D eigenvalue weighted by atomic mass is 15.1. The van der Waals surface area contributed by atoms with Gasteiger partial charge in [0, 0.05) is 50.0 Å². The number of nitrogens with zero attached hydrogens (tertiary/aromatic N) is 3. The minimum absolute atomic E-state index is 1.09. The Labute approximate surface area is 471 Å². The van der Waals surface area contributed by atoms with Crippen LogP contribution in [0, 0.1) is 0 Å². The lowest BCUT2D eigenvalue weighted by atomic mass is 9.92. The molecule has 0 bridgehead atoms. The highest BCUT2D eigenvalue weighted by Gasteiger charge is 2.19. The first-order valence-corrected chi connectivity index (χ1v) is 27.8. The molecule has 0 atom stereocenters. The highest BCUT2D eigenvalue weighted by molar-refractivity contribution is 6.12. The van der Waals surface area contributed by atoms with E-state index < -0.39 is 0 Å². The predicted octanol–water partition coefficient (Wildman–Crippen LogP) is 21.4. The number of para-hydroxylation sites is 3. The summed E-state index contributed by atoms with van der Waals surface area (Å²) in [6.45, 7) is 0. The molecule has 0 radical (unpaired) electrons. The van der Waals surface area contributed by atoms with Crippen LogP contribution in [0.2, 0.25) is 0 Å². The zero-order chi connectivity index (χ0) is 53.6. The lowest BCUT2D eigenvalue weighted by molar-refractivity contribution is 1.18. The van der Waals surface area contributed by atoms with Crippen LogP contribution in [-0.4, -0.2) is 9.13 Å². The fourth-order valence-corrected chi connectivity index (χ4v) is 12.1. The molecule has 15 aromatic rings. The third-order valence-electron chi connectivity index (χ3n) is 16.1. The molecule has 15 rings (SSSR count). The Hall–Kier alpha value is -10.7. The number of aromatic nitrogens is 2.